The van der Waals surface area contributed by atoms with Crippen LogP contribution >= 0.6 is 0 Å². The molecule has 1 amide bonds. The third-order valence-electron chi connectivity index (χ3n) is 4.86. The maximum absolute atomic E-state index is 12.6. The van der Waals surface area contributed by atoms with Gasteiger partial charge in [-0.1, -0.05) is 32.9 Å². The smallest absolute Gasteiger partial charge is 0.339 e. The zero-order chi connectivity index (χ0) is 22.3. The minimum absolute atomic E-state index is 0.0506. The van der Waals surface area contributed by atoms with Crippen LogP contribution in [0.15, 0.2) is 53.4 Å². The van der Waals surface area contributed by atoms with Crippen molar-refractivity contribution in [3.8, 4) is 11.5 Å². The summed E-state index contributed by atoms with van der Waals surface area (Å²) >= 11 is 0. The molecule has 0 saturated heterocycles. The number of ether oxygens (including phenoxy) is 1. The molecule has 7 heteroatoms. The van der Waals surface area contributed by atoms with Crippen LogP contribution in [0.3, 0.4) is 0 Å². The topological polar surface area (TPSA) is 72.9 Å². The zero-order valence-electron chi connectivity index (χ0n) is 18.3. The summed E-state index contributed by atoms with van der Waals surface area (Å²) < 4.78 is 35.2. The standard InChI is InChI=1S/C23H31NO5S/c1-6-18(4)24(23(25)15-17(2)3)16-19-7-9-21(10-8-19)29-30(26,27)22-13-11-20(28-5)12-14-22/h7-14,17-18H,6,15-16H2,1-5H3/t18-/m0/s1. The maximum atomic E-state index is 12.6. The van der Waals surface area contributed by atoms with E-state index in [1.165, 1.54) is 19.2 Å². The van der Waals surface area contributed by atoms with Crippen molar-refractivity contribution < 1.29 is 22.1 Å². The van der Waals surface area contributed by atoms with Gasteiger partial charge in [-0.25, -0.2) is 0 Å². The van der Waals surface area contributed by atoms with E-state index in [-0.39, 0.29) is 22.6 Å². The summed E-state index contributed by atoms with van der Waals surface area (Å²) in [4.78, 5) is 14.6. The molecule has 0 heterocycles. The molecule has 2 aromatic carbocycles. The van der Waals surface area contributed by atoms with Crippen molar-refractivity contribution in [2.45, 2.75) is 58.0 Å². The second-order valence-electron chi connectivity index (χ2n) is 7.73. The van der Waals surface area contributed by atoms with Gasteiger partial charge in [0.05, 0.1) is 7.11 Å². The fourth-order valence-corrected chi connectivity index (χ4v) is 3.87. The number of methoxy groups -OCH3 is 1. The van der Waals surface area contributed by atoms with Crippen molar-refractivity contribution in [2.24, 2.45) is 5.92 Å². The lowest BCUT2D eigenvalue weighted by Crippen LogP contribution is -2.38. The Kier molecular flexibility index (Phi) is 8.29. The van der Waals surface area contributed by atoms with E-state index in [1.807, 2.05) is 25.7 Å². The Hall–Kier alpha value is -2.54. The van der Waals surface area contributed by atoms with Crippen LogP contribution in [0.1, 0.15) is 46.1 Å². The number of rotatable bonds is 10. The Labute approximate surface area is 179 Å². The van der Waals surface area contributed by atoms with Gasteiger partial charge < -0.3 is 13.8 Å². The van der Waals surface area contributed by atoms with Crippen molar-refractivity contribution in [1.29, 1.82) is 0 Å². The molecule has 0 N–H and O–H groups in total. The van der Waals surface area contributed by atoms with Gasteiger partial charge in [-0.15, -0.1) is 0 Å². The van der Waals surface area contributed by atoms with Crippen molar-refractivity contribution in [1.82, 2.24) is 4.90 Å². The van der Waals surface area contributed by atoms with Crippen LogP contribution in [0.5, 0.6) is 11.5 Å². The van der Waals surface area contributed by atoms with Gasteiger partial charge in [-0.05, 0) is 61.2 Å². The van der Waals surface area contributed by atoms with Gasteiger partial charge in [0.25, 0.3) is 0 Å². The summed E-state index contributed by atoms with van der Waals surface area (Å²) in [6.45, 7) is 8.63. The predicted molar refractivity (Wildman–Crippen MR) is 117 cm³/mol. The van der Waals surface area contributed by atoms with Crippen LogP contribution in [-0.4, -0.2) is 32.4 Å². The zero-order valence-corrected chi connectivity index (χ0v) is 19.1. The number of carbonyl (C=O) groups is 1. The molecule has 0 fully saturated rings. The molecule has 0 aliphatic heterocycles. The van der Waals surface area contributed by atoms with E-state index in [1.54, 1.807) is 36.4 Å². The van der Waals surface area contributed by atoms with Crippen molar-refractivity contribution in [3.05, 3.63) is 54.1 Å². The Bertz CT molecular complexity index is 921. The number of benzene rings is 2. The van der Waals surface area contributed by atoms with E-state index in [2.05, 4.69) is 6.92 Å². The van der Waals surface area contributed by atoms with E-state index in [9.17, 15) is 13.2 Å². The molecule has 0 aromatic heterocycles. The van der Waals surface area contributed by atoms with Gasteiger partial charge in [0, 0.05) is 19.0 Å². The monoisotopic (exact) mass is 433 g/mol. The van der Waals surface area contributed by atoms with Crippen LogP contribution in [0.25, 0.3) is 0 Å². The molecule has 0 radical (unpaired) electrons. The molecule has 164 valence electrons. The van der Waals surface area contributed by atoms with Crippen LogP contribution in [-0.2, 0) is 21.5 Å². The molecule has 1 atom stereocenters. The molecule has 2 rings (SSSR count). The fraction of sp³-hybridized carbons (Fsp3) is 0.435. The molecule has 30 heavy (non-hydrogen) atoms. The average Bonchev–Trinajstić information content (AvgIpc) is 2.71. The molecular formula is C23H31NO5S. The van der Waals surface area contributed by atoms with Crippen LogP contribution in [0.4, 0.5) is 0 Å². The van der Waals surface area contributed by atoms with Crippen molar-refractivity contribution >= 4 is 16.0 Å². The Balaban J connectivity index is 2.11. The first-order valence-corrected chi connectivity index (χ1v) is 11.5. The highest BCUT2D eigenvalue weighted by atomic mass is 32.2. The number of hydrogen-bond donors (Lipinski definition) is 0. The summed E-state index contributed by atoms with van der Waals surface area (Å²) in [6.07, 6.45) is 1.37. The maximum Gasteiger partial charge on any atom is 0.339 e. The highest BCUT2D eigenvalue weighted by molar-refractivity contribution is 7.87. The van der Waals surface area contributed by atoms with E-state index in [0.717, 1.165) is 12.0 Å². The van der Waals surface area contributed by atoms with Gasteiger partial charge in [-0.2, -0.15) is 8.42 Å². The molecule has 6 nitrogen and oxygen atoms in total. The Morgan fingerprint density at radius 2 is 1.53 bits per heavy atom. The summed E-state index contributed by atoms with van der Waals surface area (Å²) in [7, 11) is -2.42. The number of amides is 1. The molecule has 0 aliphatic carbocycles. The summed E-state index contributed by atoms with van der Waals surface area (Å²) in [5.41, 5.74) is 0.918. The van der Waals surface area contributed by atoms with Gasteiger partial charge >= 0.3 is 10.1 Å². The van der Waals surface area contributed by atoms with Crippen LogP contribution < -0.4 is 8.92 Å². The minimum Gasteiger partial charge on any atom is -0.497 e. The quantitative estimate of drug-likeness (QED) is 0.511. The normalized spacial score (nSPS) is 12.5. The molecule has 2 aromatic rings. The minimum atomic E-state index is -3.94. The number of hydrogen-bond acceptors (Lipinski definition) is 5. The Morgan fingerprint density at radius 3 is 2.03 bits per heavy atom. The summed E-state index contributed by atoms with van der Waals surface area (Å²) in [5, 5.41) is 0. The van der Waals surface area contributed by atoms with Crippen LogP contribution in [0.2, 0.25) is 0 Å². The van der Waals surface area contributed by atoms with Crippen molar-refractivity contribution in [2.75, 3.05) is 7.11 Å². The number of carbonyl (C=O) groups excluding carboxylic acids is 1. The molecule has 0 unspecified atom stereocenters. The predicted octanol–water partition coefficient (Wildman–Crippen LogP) is 4.64. The second kappa shape index (κ2) is 10.5. The van der Waals surface area contributed by atoms with Gasteiger partial charge in [0.1, 0.15) is 16.4 Å². The largest absolute Gasteiger partial charge is 0.497 e. The fourth-order valence-electron chi connectivity index (χ4n) is 2.94. The molecule has 0 spiro atoms. The van der Waals surface area contributed by atoms with E-state index in [4.69, 9.17) is 8.92 Å². The summed E-state index contributed by atoms with van der Waals surface area (Å²) in [6, 6.07) is 12.9. The SMILES string of the molecule is CC[C@H](C)N(Cc1ccc(OS(=O)(=O)c2ccc(OC)cc2)cc1)C(=O)CC(C)C. The van der Waals surface area contributed by atoms with E-state index in [0.29, 0.717) is 24.6 Å². The summed E-state index contributed by atoms with van der Waals surface area (Å²) in [5.74, 6) is 1.21. The number of nitrogens with zero attached hydrogens (tertiary/aromatic N) is 1. The molecule has 0 saturated carbocycles. The third-order valence-corrected chi connectivity index (χ3v) is 6.12. The Morgan fingerprint density at radius 1 is 0.967 bits per heavy atom. The van der Waals surface area contributed by atoms with Gasteiger partial charge in [-0.3, -0.25) is 4.79 Å². The van der Waals surface area contributed by atoms with Gasteiger partial charge in [0.15, 0.2) is 0 Å². The molecule has 0 aliphatic rings. The average molecular weight is 434 g/mol. The first kappa shape index (κ1) is 23.7. The third kappa shape index (κ3) is 6.49. The molecular weight excluding hydrogens is 402 g/mol. The molecule has 0 bridgehead atoms. The van der Waals surface area contributed by atoms with Crippen LogP contribution in [0, 0.1) is 5.92 Å². The lowest BCUT2D eigenvalue weighted by atomic mass is 10.1. The van der Waals surface area contributed by atoms with E-state index < -0.39 is 10.1 Å². The highest BCUT2D eigenvalue weighted by Gasteiger charge is 2.21. The van der Waals surface area contributed by atoms with Crippen molar-refractivity contribution in [3.63, 3.8) is 0 Å². The second-order valence-corrected chi connectivity index (χ2v) is 9.28. The first-order valence-electron chi connectivity index (χ1n) is 10.1. The lowest BCUT2D eigenvalue weighted by molar-refractivity contribution is -0.134. The highest BCUT2D eigenvalue weighted by Crippen LogP contribution is 2.22. The van der Waals surface area contributed by atoms with Gasteiger partial charge in [0.2, 0.25) is 5.91 Å². The van der Waals surface area contributed by atoms with E-state index >= 15 is 0 Å². The first-order chi connectivity index (χ1) is 14.2. The lowest BCUT2D eigenvalue weighted by Gasteiger charge is -2.29.